The Morgan fingerprint density at radius 2 is 2.08 bits per heavy atom. The molecule has 0 bridgehead atoms. The molecule has 0 aliphatic carbocycles. The van der Waals surface area contributed by atoms with Crippen LogP contribution in [0.5, 0.6) is 0 Å². The monoisotopic (exact) mass is 204 g/mol. The van der Waals surface area contributed by atoms with Gasteiger partial charge in [-0.2, -0.15) is 0 Å². The summed E-state index contributed by atoms with van der Waals surface area (Å²) in [6, 6.07) is 0. The molecule has 0 spiro atoms. The molecule has 0 aromatic heterocycles. The Labute approximate surface area is 83.4 Å². The van der Waals surface area contributed by atoms with Gasteiger partial charge < -0.3 is 0 Å². The summed E-state index contributed by atoms with van der Waals surface area (Å²) in [5.41, 5.74) is 0. The molecule has 0 aromatic carbocycles. The van der Waals surface area contributed by atoms with Gasteiger partial charge in [-0.1, -0.05) is 32.5 Å². The minimum absolute atomic E-state index is 0.170. The van der Waals surface area contributed by atoms with Crippen molar-refractivity contribution in [2.24, 2.45) is 0 Å². The van der Waals surface area contributed by atoms with Crippen molar-refractivity contribution < 1.29 is 4.79 Å². The van der Waals surface area contributed by atoms with E-state index in [0.29, 0.717) is 5.25 Å². The first-order chi connectivity index (χ1) is 5.56. The third-order valence-electron chi connectivity index (χ3n) is 1.04. The van der Waals surface area contributed by atoms with E-state index in [0.717, 1.165) is 10.7 Å². The van der Waals surface area contributed by atoms with E-state index < -0.39 is 0 Å². The molecule has 0 atom stereocenters. The molecule has 0 unspecified atom stereocenters. The largest absolute Gasteiger partial charge is 0.282 e. The van der Waals surface area contributed by atoms with Crippen LogP contribution in [0.15, 0.2) is 11.0 Å². The van der Waals surface area contributed by atoms with Gasteiger partial charge in [0.2, 0.25) is 5.12 Å². The minimum Gasteiger partial charge on any atom is -0.282 e. The molecule has 12 heavy (non-hydrogen) atoms. The fourth-order valence-corrected chi connectivity index (χ4v) is 2.13. The van der Waals surface area contributed by atoms with Crippen molar-refractivity contribution in [1.82, 2.24) is 0 Å². The van der Waals surface area contributed by atoms with Crippen LogP contribution in [0.1, 0.15) is 27.7 Å². The molecule has 0 rings (SSSR count). The van der Waals surface area contributed by atoms with Gasteiger partial charge in [-0.3, -0.25) is 4.79 Å². The smallest absolute Gasteiger partial charge is 0.213 e. The maximum absolute atomic E-state index is 11.2. The van der Waals surface area contributed by atoms with Crippen molar-refractivity contribution in [3.05, 3.63) is 11.0 Å². The van der Waals surface area contributed by atoms with Crippen molar-refractivity contribution in [3.8, 4) is 0 Å². The quantitative estimate of drug-likeness (QED) is 0.654. The van der Waals surface area contributed by atoms with Gasteiger partial charge in [0.15, 0.2) is 0 Å². The summed E-state index contributed by atoms with van der Waals surface area (Å²) in [4.78, 5) is 12.3. The summed E-state index contributed by atoms with van der Waals surface area (Å²) in [6.45, 7) is 8.12. The van der Waals surface area contributed by atoms with Crippen molar-refractivity contribution in [1.29, 1.82) is 0 Å². The van der Waals surface area contributed by atoms with Crippen LogP contribution in [0.2, 0.25) is 0 Å². The zero-order valence-electron chi connectivity index (χ0n) is 8.09. The predicted octanol–water partition coefficient (Wildman–Crippen LogP) is 3.31. The molecule has 0 fully saturated rings. The lowest BCUT2D eigenvalue weighted by Crippen LogP contribution is -1.94. The Bertz CT molecular complexity index is 173. The van der Waals surface area contributed by atoms with Gasteiger partial charge in [0.05, 0.1) is 0 Å². The lowest BCUT2D eigenvalue weighted by molar-refractivity contribution is -0.107. The van der Waals surface area contributed by atoms with E-state index in [1.165, 1.54) is 11.8 Å². The highest BCUT2D eigenvalue weighted by Gasteiger charge is 2.02. The van der Waals surface area contributed by atoms with Gasteiger partial charge in [0.1, 0.15) is 0 Å². The average Bonchev–Trinajstić information content (AvgIpc) is 1.84. The second-order valence-corrected chi connectivity index (χ2v) is 5.76. The summed E-state index contributed by atoms with van der Waals surface area (Å²) in [7, 11) is 0. The van der Waals surface area contributed by atoms with E-state index in [1.807, 2.05) is 20.8 Å². The molecule has 70 valence electrons. The van der Waals surface area contributed by atoms with E-state index in [1.54, 1.807) is 17.8 Å². The molecular weight excluding hydrogens is 188 g/mol. The van der Waals surface area contributed by atoms with Crippen molar-refractivity contribution >= 4 is 28.6 Å². The Morgan fingerprint density at radius 1 is 1.50 bits per heavy atom. The fraction of sp³-hybridized carbons (Fsp3) is 0.667. The summed E-state index contributed by atoms with van der Waals surface area (Å²) in [6.07, 6.45) is 1.72. The number of hydrogen-bond donors (Lipinski definition) is 0. The molecule has 0 saturated heterocycles. The number of thioether (sulfide) groups is 2. The van der Waals surface area contributed by atoms with Crippen molar-refractivity contribution in [2.75, 3.05) is 5.75 Å². The zero-order chi connectivity index (χ0) is 9.56. The Kier molecular flexibility index (Phi) is 6.67. The molecule has 0 aliphatic rings. The molecule has 0 saturated carbocycles. The van der Waals surface area contributed by atoms with Gasteiger partial charge >= 0.3 is 0 Å². The van der Waals surface area contributed by atoms with Crippen LogP contribution in [-0.4, -0.2) is 16.1 Å². The van der Waals surface area contributed by atoms with Gasteiger partial charge in [0, 0.05) is 11.3 Å². The zero-order valence-corrected chi connectivity index (χ0v) is 9.72. The minimum atomic E-state index is 0.170. The van der Waals surface area contributed by atoms with Crippen LogP contribution < -0.4 is 0 Å². The van der Waals surface area contributed by atoms with Crippen LogP contribution in [-0.2, 0) is 4.79 Å². The van der Waals surface area contributed by atoms with E-state index >= 15 is 0 Å². The molecule has 0 heterocycles. The Hall–Kier alpha value is 0.110. The van der Waals surface area contributed by atoms with Crippen LogP contribution >= 0.6 is 23.5 Å². The SMILES string of the molecule is CCS/C(C)=C\C(=O)SC(C)C. The lowest BCUT2D eigenvalue weighted by atomic mass is 10.5. The number of carbonyl (C=O) groups is 1. The van der Waals surface area contributed by atoms with E-state index in [9.17, 15) is 4.79 Å². The van der Waals surface area contributed by atoms with Gasteiger partial charge in [-0.15, -0.1) is 11.8 Å². The fourth-order valence-electron chi connectivity index (χ4n) is 0.702. The van der Waals surface area contributed by atoms with Gasteiger partial charge in [-0.25, -0.2) is 0 Å². The standard InChI is InChI=1S/C9H16OS2/c1-5-11-8(4)6-9(10)12-7(2)3/h6-7H,5H2,1-4H3/b8-6-. The Balaban J connectivity index is 3.88. The molecule has 0 aromatic rings. The second kappa shape index (κ2) is 6.61. The van der Waals surface area contributed by atoms with E-state index in [2.05, 4.69) is 6.92 Å². The highest BCUT2D eigenvalue weighted by Crippen LogP contribution is 2.17. The van der Waals surface area contributed by atoms with Gasteiger partial charge in [0.25, 0.3) is 0 Å². The number of allylic oxidation sites excluding steroid dienone is 1. The number of carbonyl (C=O) groups excluding carboxylic acids is 1. The normalized spacial score (nSPS) is 12.2. The maximum Gasteiger partial charge on any atom is 0.213 e. The number of hydrogen-bond acceptors (Lipinski definition) is 3. The molecule has 0 radical (unpaired) electrons. The predicted molar refractivity (Wildman–Crippen MR) is 59.6 cm³/mol. The van der Waals surface area contributed by atoms with Crippen molar-refractivity contribution in [3.63, 3.8) is 0 Å². The molecule has 1 nitrogen and oxygen atoms in total. The average molecular weight is 204 g/mol. The third kappa shape index (κ3) is 6.80. The van der Waals surface area contributed by atoms with E-state index in [-0.39, 0.29) is 5.12 Å². The summed E-state index contributed by atoms with van der Waals surface area (Å²) in [5.74, 6) is 1.03. The Morgan fingerprint density at radius 3 is 2.50 bits per heavy atom. The number of rotatable bonds is 4. The molecule has 0 N–H and O–H groups in total. The summed E-state index contributed by atoms with van der Waals surface area (Å²) >= 11 is 3.09. The first-order valence-corrected chi connectivity index (χ1v) is 5.94. The third-order valence-corrected chi connectivity index (χ3v) is 2.73. The maximum atomic E-state index is 11.2. The van der Waals surface area contributed by atoms with Crippen LogP contribution in [0.4, 0.5) is 0 Å². The van der Waals surface area contributed by atoms with Gasteiger partial charge in [-0.05, 0) is 17.6 Å². The second-order valence-electron chi connectivity index (χ2n) is 2.67. The molecule has 0 amide bonds. The lowest BCUT2D eigenvalue weighted by Gasteiger charge is -2.00. The molecule has 3 heteroatoms. The first-order valence-electron chi connectivity index (χ1n) is 4.08. The summed E-state index contributed by atoms with van der Waals surface area (Å²) in [5, 5.41) is 0.552. The van der Waals surface area contributed by atoms with Crippen molar-refractivity contribution in [2.45, 2.75) is 32.9 Å². The van der Waals surface area contributed by atoms with Crippen LogP contribution in [0.25, 0.3) is 0 Å². The molecule has 0 aliphatic heterocycles. The highest BCUT2D eigenvalue weighted by atomic mass is 32.2. The van der Waals surface area contributed by atoms with Crippen LogP contribution in [0.3, 0.4) is 0 Å². The van der Waals surface area contributed by atoms with E-state index in [4.69, 9.17) is 0 Å². The molecular formula is C9H16OS2. The van der Waals surface area contributed by atoms with Crippen LogP contribution in [0, 0.1) is 0 Å². The highest BCUT2D eigenvalue weighted by molar-refractivity contribution is 8.14. The topological polar surface area (TPSA) is 17.1 Å². The summed E-state index contributed by atoms with van der Waals surface area (Å²) < 4.78 is 0. The first kappa shape index (κ1) is 12.1.